The van der Waals surface area contributed by atoms with Crippen molar-refractivity contribution in [3.8, 4) is 5.75 Å². The standard InChI is InChI=1S/C21H21ClN2O7/c1-24(2)15-10-5-8-3-7-4-9(22)6-11(25)12(7)16(26)13(8)18(28)21(10,31)19(29)14(17(15)27)20(23)30/h4,6,8,10,15,25,27-28,31H,3,5H2,1-2H3,(H2,23,30)/t8-,10-,15-,21-/m0/s1. The monoisotopic (exact) mass is 448 g/mol. The molecule has 31 heavy (non-hydrogen) atoms. The number of Topliss-reactive ketones (excluding diaryl/α,β-unsaturated/α-hetero) is 2. The maximum absolute atomic E-state index is 13.2. The van der Waals surface area contributed by atoms with Crippen LogP contribution in [0.5, 0.6) is 5.75 Å². The Bertz CT molecular complexity index is 1120. The molecule has 1 aromatic carbocycles. The number of ketones is 2. The summed E-state index contributed by atoms with van der Waals surface area (Å²) in [5, 5.41) is 43.6. The van der Waals surface area contributed by atoms with Gasteiger partial charge in [-0.1, -0.05) is 11.6 Å². The van der Waals surface area contributed by atoms with Gasteiger partial charge in [0.25, 0.3) is 5.91 Å². The fourth-order valence-corrected chi connectivity index (χ4v) is 5.47. The zero-order valence-corrected chi connectivity index (χ0v) is 17.5. The van der Waals surface area contributed by atoms with E-state index in [1.54, 1.807) is 20.2 Å². The minimum atomic E-state index is -2.63. The van der Waals surface area contributed by atoms with Gasteiger partial charge in [-0.15, -0.1) is 0 Å². The normalized spacial score (nSPS) is 30.3. The van der Waals surface area contributed by atoms with Crippen molar-refractivity contribution in [2.45, 2.75) is 24.5 Å². The van der Waals surface area contributed by atoms with E-state index in [4.69, 9.17) is 17.3 Å². The highest BCUT2D eigenvalue weighted by Crippen LogP contribution is 2.52. The predicted octanol–water partition coefficient (Wildman–Crippen LogP) is 0.774. The van der Waals surface area contributed by atoms with E-state index in [2.05, 4.69) is 0 Å². The van der Waals surface area contributed by atoms with E-state index in [9.17, 15) is 34.8 Å². The molecule has 3 aliphatic rings. The Hall–Kier alpha value is -2.88. The summed E-state index contributed by atoms with van der Waals surface area (Å²) >= 11 is 6.01. The topological polar surface area (TPSA) is 161 Å². The number of allylic oxidation sites excluding steroid dienone is 1. The second-order valence-electron chi connectivity index (χ2n) is 8.42. The number of rotatable bonds is 2. The zero-order chi connectivity index (χ0) is 23.0. The van der Waals surface area contributed by atoms with Crippen LogP contribution in [0.4, 0.5) is 0 Å². The third-order valence-corrected chi connectivity index (χ3v) is 6.71. The Balaban J connectivity index is 1.97. The quantitative estimate of drug-likeness (QED) is 0.414. The Morgan fingerprint density at radius 1 is 1.23 bits per heavy atom. The fraction of sp³-hybridized carbons (Fsp3) is 0.381. The molecule has 0 radical (unpaired) electrons. The molecule has 0 spiro atoms. The van der Waals surface area contributed by atoms with E-state index < -0.39 is 58.0 Å². The van der Waals surface area contributed by atoms with Crippen LogP contribution < -0.4 is 5.73 Å². The van der Waals surface area contributed by atoms with Crippen molar-refractivity contribution in [1.82, 2.24) is 4.90 Å². The lowest BCUT2D eigenvalue weighted by molar-refractivity contribution is -0.148. The minimum Gasteiger partial charge on any atom is -0.510 e. The third kappa shape index (κ3) is 2.73. The number of hydrogen-bond donors (Lipinski definition) is 5. The molecule has 1 aromatic rings. The van der Waals surface area contributed by atoms with E-state index in [-0.39, 0.29) is 34.8 Å². The molecule has 0 saturated carbocycles. The molecule has 9 nitrogen and oxygen atoms in total. The number of aliphatic hydroxyl groups is 3. The molecular formula is C21H21ClN2O7. The van der Waals surface area contributed by atoms with E-state index in [1.807, 2.05) is 0 Å². The van der Waals surface area contributed by atoms with Crippen LogP contribution in [0, 0.1) is 11.8 Å². The van der Waals surface area contributed by atoms with Crippen molar-refractivity contribution in [2.24, 2.45) is 17.6 Å². The molecule has 10 heteroatoms. The average Bonchev–Trinajstić information content (AvgIpc) is 2.63. The number of nitrogens with zero attached hydrogens (tertiary/aromatic N) is 1. The molecule has 0 bridgehead atoms. The highest BCUT2D eigenvalue weighted by Gasteiger charge is 2.63. The highest BCUT2D eigenvalue weighted by atomic mass is 35.5. The van der Waals surface area contributed by atoms with Crippen molar-refractivity contribution in [3.63, 3.8) is 0 Å². The number of fused-ring (bicyclic) bond motifs is 3. The van der Waals surface area contributed by atoms with Crippen LogP contribution in [0.2, 0.25) is 5.02 Å². The number of phenols is 1. The average molecular weight is 449 g/mol. The van der Waals surface area contributed by atoms with Gasteiger partial charge in [0, 0.05) is 16.5 Å². The van der Waals surface area contributed by atoms with Gasteiger partial charge in [0.15, 0.2) is 11.4 Å². The third-order valence-electron chi connectivity index (χ3n) is 6.49. The van der Waals surface area contributed by atoms with E-state index in [0.29, 0.717) is 5.56 Å². The molecule has 4 rings (SSSR count). The summed E-state index contributed by atoms with van der Waals surface area (Å²) in [5.74, 6) is -6.78. The molecule has 0 saturated heterocycles. The van der Waals surface area contributed by atoms with Crippen molar-refractivity contribution in [2.75, 3.05) is 14.1 Å². The number of carbonyl (C=O) groups excluding carboxylic acids is 3. The van der Waals surface area contributed by atoms with Gasteiger partial charge in [-0.3, -0.25) is 19.3 Å². The fourth-order valence-electron chi connectivity index (χ4n) is 5.24. The molecule has 0 unspecified atom stereocenters. The van der Waals surface area contributed by atoms with Crippen LogP contribution >= 0.6 is 11.6 Å². The van der Waals surface area contributed by atoms with Crippen LogP contribution in [-0.2, 0) is 16.0 Å². The van der Waals surface area contributed by atoms with Gasteiger partial charge in [-0.25, -0.2) is 0 Å². The van der Waals surface area contributed by atoms with Crippen LogP contribution in [0.1, 0.15) is 22.3 Å². The lowest BCUT2D eigenvalue weighted by atomic mass is 9.58. The highest BCUT2D eigenvalue weighted by molar-refractivity contribution is 6.31. The number of amides is 1. The molecule has 6 N–H and O–H groups in total. The molecule has 4 atom stereocenters. The summed E-state index contributed by atoms with van der Waals surface area (Å²) in [5.41, 5.74) is 2.03. The minimum absolute atomic E-state index is 0.0407. The van der Waals surface area contributed by atoms with Gasteiger partial charge in [0.2, 0.25) is 5.78 Å². The summed E-state index contributed by atoms with van der Waals surface area (Å²) in [6, 6.07) is 1.72. The van der Waals surface area contributed by atoms with Crippen LogP contribution in [0.15, 0.2) is 34.8 Å². The van der Waals surface area contributed by atoms with Gasteiger partial charge in [-0.05, 0) is 50.6 Å². The first-order valence-electron chi connectivity index (χ1n) is 9.57. The first kappa shape index (κ1) is 21.4. The summed E-state index contributed by atoms with van der Waals surface area (Å²) < 4.78 is 0. The smallest absolute Gasteiger partial charge is 0.255 e. The molecule has 0 aliphatic heterocycles. The Kier molecular flexibility index (Phi) is 4.69. The number of carbonyl (C=O) groups is 3. The number of nitrogens with two attached hydrogens (primary N) is 1. The molecule has 3 aliphatic carbocycles. The first-order chi connectivity index (χ1) is 14.4. The number of primary amides is 1. The summed E-state index contributed by atoms with van der Waals surface area (Å²) in [6.45, 7) is 0. The van der Waals surface area contributed by atoms with Gasteiger partial charge < -0.3 is 26.2 Å². The summed E-state index contributed by atoms with van der Waals surface area (Å²) in [6.07, 6.45) is 0.252. The summed E-state index contributed by atoms with van der Waals surface area (Å²) in [7, 11) is 3.15. The first-order valence-corrected chi connectivity index (χ1v) is 9.95. The summed E-state index contributed by atoms with van der Waals surface area (Å²) in [4.78, 5) is 39.7. The number of aromatic hydroxyl groups is 1. The van der Waals surface area contributed by atoms with E-state index in [0.717, 1.165) is 0 Å². The van der Waals surface area contributed by atoms with Crippen molar-refractivity contribution < 1.29 is 34.8 Å². The second-order valence-corrected chi connectivity index (χ2v) is 8.86. The Labute approximate surface area is 182 Å². The molecule has 1 amide bonds. The Morgan fingerprint density at radius 2 is 1.87 bits per heavy atom. The maximum Gasteiger partial charge on any atom is 0.255 e. The van der Waals surface area contributed by atoms with Gasteiger partial charge in [0.05, 0.1) is 11.6 Å². The predicted molar refractivity (Wildman–Crippen MR) is 109 cm³/mol. The molecular weight excluding hydrogens is 428 g/mol. The number of aliphatic hydroxyl groups excluding tert-OH is 2. The van der Waals surface area contributed by atoms with Crippen LogP contribution in [0.3, 0.4) is 0 Å². The van der Waals surface area contributed by atoms with Crippen molar-refractivity contribution in [3.05, 3.63) is 50.9 Å². The number of benzene rings is 1. The maximum atomic E-state index is 13.2. The number of hydrogen-bond acceptors (Lipinski definition) is 8. The number of likely N-dealkylation sites (N-methyl/N-ethyl adjacent to an activating group) is 1. The molecule has 0 fully saturated rings. The zero-order valence-electron chi connectivity index (χ0n) is 16.7. The lowest BCUT2D eigenvalue weighted by Gasteiger charge is -2.50. The lowest BCUT2D eigenvalue weighted by Crippen LogP contribution is -2.63. The van der Waals surface area contributed by atoms with Gasteiger partial charge >= 0.3 is 0 Å². The molecule has 0 heterocycles. The van der Waals surface area contributed by atoms with Gasteiger partial charge in [-0.2, -0.15) is 0 Å². The van der Waals surface area contributed by atoms with E-state index >= 15 is 0 Å². The number of phenolic OH excluding ortho intramolecular Hbond substituents is 1. The van der Waals surface area contributed by atoms with Crippen LogP contribution in [-0.4, -0.2) is 68.5 Å². The van der Waals surface area contributed by atoms with Crippen LogP contribution in [0.25, 0.3) is 0 Å². The second kappa shape index (κ2) is 6.81. The van der Waals surface area contributed by atoms with Crippen molar-refractivity contribution >= 4 is 29.1 Å². The molecule has 0 aromatic heterocycles. The number of halogens is 1. The molecule has 164 valence electrons. The SMILES string of the molecule is CN(C)[C@@H]1C(O)=C(C(N)=O)C(=O)[C@@]2(O)C(O)=C3C(=O)c4c(O)cc(Cl)cc4C[C@H]3C[C@@H]12. The largest absolute Gasteiger partial charge is 0.510 e. The Morgan fingerprint density at radius 3 is 2.45 bits per heavy atom. The van der Waals surface area contributed by atoms with Gasteiger partial charge in [0.1, 0.15) is 22.8 Å². The van der Waals surface area contributed by atoms with Crippen molar-refractivity contribution in [1.29, 1.82) is 0 Å². The van der Waals surface area contributed by atoms with E-state index in [1.165, 1.54) is 11.0 Å².